The number of aromatic hydroxyl groups is 1. The predicted molar refractivity (Wildman–Crippen MR) is 163 cm³/mol. The molecule has 1 saturated carbocycles. The van der Waals surface area contributed by atoms with Crippen LogP contribution in [0.15, 0.2) is 60.2 Å². The Hall–Kier alpha value is -4.49. The van der Waals surface area contributed by atoms with E-state index < -0.39 is 104 Å². The quantitative estimate of drug-likeness (QED) is 0.0885. The van der Waals surface area contributed by atoms with E-state index in [0.717, 1.165) is 11.0 Å². The highest BCUT2D eigenvalue weighted by molar-refractivity contribution is 6.58. The molecule has 4 amide bonds. The van der Waals surface area contributed by atoms with Crippen molar-refractivity contribution in [1.82, 2.24) is 4.90 Å². The smallest absolute Gasteiger partial charge is 0.258 e. The first-order valence-electron chi connectivity index (χ1n) is 14.9. The predicted octanol–water partition coefficient (Wildman–Crippen LogP) is 5.86. The number of phenols is 1. The van der Waals surface area contributed by atoms with E-state index in [9.17, 15) is 37.5 Å². The summed E-state index contributed by atoms with van der Waals surface area (Å²) in [7, 11) is 1.27. The van der Waals surface area contributed by atoms with E-state index in [2.05, 4.69) is 0 Å². The van der Waals surface area contributed by atoms with Gasteiger partial charge < -0.3 is 9.84 Å². The zero-order valence-corrected chi connectivity index (χ0v) is 26.7. The monoisotopic (exact) mass is 720 g/mol. The molecule has 3 aromatic rings. The van der Waals surface area contributed by atoms with Crippen molar-refractivity contribution in [2.24, 2.45) is 17.8 Å². The molecule has 15 heteroatoms. The van der Waals surface area contributed by atoms with Gasteiger partial charge >= 0.3 is 0 Å². The Morgan fingerprint density at radius 1 is 0.857 bits per heavy atom. The highest BCUT2D eigenvalue weighted by Crippen LogP contribution is 2.66. The van der Waals surface area contributed by atoms with E-state index in [0.29, 0.717) is 5.56 Å². The third-order valence-corrected chi connectivity index (χ3v) is 11.4. The molecular formula is C34H23Cl2F5N2O6. The highest BCUT2D eigenvalue weighted by atomic mass is 35.5. The molecule has 3 aromatic carbocycles. The summed E-state index contributed by atoms with van der Waals surface area (Å²) < 4.78 is 78.2. The maximum atomic E-state index is 15.2. The van der Waals surface area contributed by atoms with Crippen LogP contribution < -0.4 is 9.64 Å². The Kier molecular flexibility index (Phi) is 7.60. The number of amides is 4. The normalized spacial score (nSPS) is 29.2. The molecule has 3 fully saturated rings. The van der Waals surface area contributed by atoms with Crippen LogP contribution in [0.3, 0.4) is 0 Å². The lowest BCUT2D eigenvalue weighted by Crippen LogP contribution is -2.60. The van der Waals surface area contributed by atoms with Gasteiger partial charge in [0.15, 0.2) is 44.5 Å². The van der Waals surface area contributed by atoms with E-state index in [-0.39, 0.29) is 34.8 Å². The van der Waals surface area contributed by atoms with Crippen LogP contribution in [0, 0.1) is 46.8 Å². The molecule has 0 spiro atoms. The molecule has 0 aromatic heterocycles. The maximum absolute atomic E-state index is 15.2. The maximum Gasteiger partial charge on any atom is 0.258 e. The number of phenolic OH excluding ortho intramolecular Hbond substituents is 1. The van der Waals surface area contributed by atoms with E-state index in [4.69, 9.17) is 27.9 Å². The molecule has 8 nitrogen and oxygen atoms in total. The van der Waals surface area contributed by atoms with Gasteiger partial charge in [-0.2, -0.15) is 0 Å². The molecule has 6 atom stereocenters. The van der Waals surface area contributed by atoms with Crippen molar-refractivity contribution in [3.63, 3.8) is 0 Å². The number of fused-ring (bicyclic) bond motifs is 4. The number of carbonyl (C=O) groups is 4. The number of carbonyl (C=O) groups excluding carboxylic acids is 4. The summed E-state index contributed by atoms with van der Waals surface area (Å²) in [4.78, 5) is 51.7. The van der Waals surface area contributed by atoms with Crippen molar-refractivity contribution in [2.45, 2.75) is 35.1 Å². The molecule has 0 unspecified atom stereocenters. The van der Waals surface area contributed by atoms with Crippen LogP contribution >= 0.6 is 23.2 Å². The number of rotatable bonds is 5. The van der Waals surface area contributed by atoms with Crippen LogP contribution in [-0.2, 0) is 25.7 Å². The van der Waals surface area contributed by atoms with Gasteiger partial charge in [-0.3, -0.25) is 24.1 Å². The van der Waals surface area contributed by atoms with Crippen LogP contribution in [0.25, 0.3) is 0 Å². The van der Waals surface area contributed by atoms with E-state index in [1.807, 2.05) is 0 Å². The zero-order valence-electron chi connectivity index (χ0n) is 25.2. The lowest BCUT2D eigenvalue weighted by molar-refractivity contribution is -0.141. The van der Waals surface area contributed by atoms with Crippen molar-refractivity contribution in [3.8, 4) is 11.5 Å². The molecule has 0 radical (unpaired) electrons. The van der Waals surface area contributed by atoms with Gasteiger partial charge in [0.05, 0.1) is 25.5 Å². The molecule has 254 valence electrons. The first kappa shape index (κ1) is 33.0. The average Bonchev–Trinajstić information content (AvgIpc) is 3.41. The second kappa shape index (κ2) is 11.3. The minimum Gasteiger partial charge on any atom is -0.504 e. The van der Waals surface area contributed by atoms with E-state index in [1.54, 1.807) is 36.4 Å². The average molecular weight is 721 g/mol. The van der Waals surface area contributed by atoms with Crippen molar-refractivity contribution in [2.75, 3.05) is 12.0 Å². The number of halogens is 7. The highest BCUT2D eigenvalue weighted by Gasteiger charge is 2.77. The Bertz CT molecular complexity index is 2000. The number of hydrogen-bond acceptors (Lipinski definition) is 6. The topological polar surface area (TPSA) is 104 Å². The molecule has 4 aliphatic rings. The molecule has 2 heterocycles. The van der Waals surface area contributed by atoms with Crippen LogP contribution in [0.5, 0.6) is 11.5 Å². The number of hydrogen-bond donors (Lipinski definition) is 1. The van der Waals surface area contributed by atoms with Crippen molar-refractivity contribution in [1.29, 1.82) is 0 Å². The largest absolute Gasteiger partial charge is 0.504 e. The Morgan fingerprint density at radius 2 is 1.49 bits per heavy atom. The van der Waals surface area contributed by atoms with Crippen LogP contribution in [0.2, 0.25) is 0 Å². The fourth-order valence-corrected chi connectivity index (χ4v) is 8.75. The fourth-order valence-electron chi connectivity index (χ4n) is 7.81. The van der Waals surface area contributed by atoms with Gasteiger partial charge in [-0.25, -0.2) is 26.9 Å². The van der Waals surface area contributed by atoms with Gasteiger partial charge in [0, 0.05) is 5.92 Å². The first-order valence-corrected chi connectivity index (χ1v) is 15.7. The van der Waals surface area contributed by atoms with Gasteiger partial charge in [-0.1, -0.05) is 48.0 Å². The molecule has 1 N–H and O–H groups in total. The van der Waals surface area contributed by atoms with E-state index in [1.165, 1.54) is 19.2 Å². The zero-order chi connectivity index (χ0) is 35.3. The Morgan fingerprint density at radius 3 is 2.10 bits per heavy atom. The number of methoxy groups -OCH3 is 1. The van der Waals surface area contributed by atoms with E-state index >= 15 is 8.78 Å². The second-order valence-corrected chi connectivity index (χ2v) is 13.6. The number of likely N-dealkylation sites (tertiary alicyclic amines) is 1. The summed E-state index contributed by atoms with van der Waals surface area (Å²) >= 11 is 14.2. The van der Waals surface area contributed by atoms with Crippen molar-refractivity contribution in [3.05, 3.63) is 100 Å². The Labute approximate surface area is 284 Å². The molecule has 2 aliphatic heterocycles. The van der Waals surface area contributed by atoms with Crippen LogP contribution in [0.4, 0.5) is 27.6 Å². The molecule has 49 heavy (non-hydrogen) atoms. The fraction of sp³-hybridized carbons (Fsp3) is 0.294. The van der Waals surface area contributed by atoms with Crippen LogP contribution in [-0.4, -0.2) is 50.5 Å². The minimum absolute atomic E-state index is 0.000432. The standard InChI is InChI=1S/C34H23Cl2F5N2O6/c1-49-20-10-7-15(11-19(20)44)22-16-8-9-17-21(30(46)42(29(17)45)13-14-5-3-2-4-6-14)18(16)12-33(35)31(47)43(32(48)34(22,33)36)28-26(40)24(38)23(37)25(39)27(28)41/h2-8,10-11,17-18,21-22,44H,9,12-13H2,1H3/t17-,18+,21-,22-,33+,34-/m0/s1. The lowest BCUT2D eigenvalue weighted by atomic mass is 9.56. The molecule has 7 rings (SSSR count). The molecular weight excluding hydrogens is 698 g/mol. The van der Waals surface area contributed by atoms with Gasteiger partial charge in [-0.05, 0) is 42.0 Å². The molecule has 2 saturated heterocycles. The van der Waals surface area contributed by atoms with Gasteiger partial charge in [0.1, 0.15) is 5.69 Å². The third kappa shape index (κ3) is 4.33. The summed E-state index contributed by atoms with van der Waals surface area (Å²) in [5.74, 6) is -21.6. The first-order chi connectivity index (χ1) is 23.2. The second-order valence-electron chi connectivity index (χ2n) is 12.4. The number of imide groups is 2. The summed E-state index contributed by atoms with van der Waals surface area (Å²) in [5, 5.41) is 10.7. The number of nitrogens with zero attached hydrogens (tertiary/aromatic N) is 2. The van der Waals surface area contributed by atoms with Crippen LogP contribution in [0.1, 0.15) is 29.9 Å². The van der Waals surface area contributed by atoms with Crippen molar-refractivity contribution < 1.29 is 51.0 Å². The third-order valence-electron chi connectivity index (χ3n) is 10.0. The molecule has 2 aliphatic carbocycles. The molecule has 0 bridgehead atoms. The number of benzene rings is 3. The number of alkyl halides is 2. The number of anilines is 1. The summed E-state index contributed by atoms with van der Waals surface area (Å²) in [5.41, 5.74) is -0.894. The SMILES string of the molecule is COc1ccc([C@H]2C3=CC[C@@H]4C(=O)N(Cc5ccccc5)C(=O)[C@@H]4[C@@H]3C[C@@]3(Cl)C(=O)N(c4c(F)c(F)c(F)c(F)c4F)C(=O)[C@@]23Cl)cc1O. The van der Waals surface area contributed by atoms with Gasteiger partial charge in [0.2, 0.25) is 17.6 Å². The van der Waals surface area contributed by atoms with Gasteiger partial charge in [0.25, 0.3) is 11.8 Å². The minimum atomic E-state index is -2.70. The van der Waals surface area contributed by atoms with Crippen molar-refractivity contribution >= 4 is 52.5 Å². The van der Waals surface area contributed by atoms with Gasteiger partial charge in [-0.15, -0.1) is 23.2 Å². The lowest BCUT2D eigenvalue weighted by Gasteiger charge is -2.50. The Balaban J connectivity index is 1.41. The number of ether oxygens (including phenoxy) is 1. The summed E-state index contributed by atoms with van der Waals surface area (Å²) in [6.45, 7) is -0.0553. The number of allylic oxidation sites excluding steroid dienone is 2. The summed E-state index contributed by atoms with van der Waals surface area (Å²) in [6, 6.07) is 12.5. The summed E-state index contributed by atoms with van der Waals surface area (Å²) in [6.07, 6.45) is 0.948.